The molecule has 1 aromatic heterocycles. The predicted octanol–water partition coefficient (Wildman–Crippen LogP) is 5.01. The molecule has 0 aliphatic heterocycles. The number of carboxylic acids is 1. The summed E-state index contributed by atoms with van der Waals surface area (Å²) in [6, 6.07) is 17.9. The molecule has 0 atom stereocenters. The molecule has 3 aromatic carbocycles. The van der Waals surface area contributed by atoms with Gasteiger partial charge in [-0.1, -0.05) is 23.7 Å². The molecule has 8 nitrogen and oxygen atoms in total. The van der Waals surface area contributed by atoms with Gasteiger partial charge in [0, 0.05) is 33.9 Å². The number of carbonyl (C=O) groups excluding carboxylic acids is 2. The molecule has 4 rings (SSSR count). The molecule has 0 saturated carbocycles. The van der Waals surface area contributed by atoms with E-state index in [0.29, 0.717) is 40.5 Å². The first-order valence-corrected chi connectivity index (χ1v) is 12.9. The predicted molar refractivity (Wildman–Crippen MR) is 152 cm³/mol. The topological polar surface area (TPSA) is 110 Å². The number of aliphatic carboxylic acids is 1. The number of fused-ring (bicyclic) bond motifs is 1. The summed E-state index contributed by atoms with van der Waals surface area (Å²) in [7, 11) is 1.57. The number of hydrogen-bond donors (Lipinski definition) is 3. The molecule has 0 fully saturated rings. The lowest BCUT2D eigenvalue weighted by atomic mass is 10.1. The minimum absolute atomic E-state index is 0.0930. The molecular weight excluding hydrogens is 518 g/mol. The molecule has 1 heterocycles. The van der Waals surface area contributed by atoms with Crippen molar-refractivity contribution in [3.63, 3.8) is 0 Å². The van der Waals surface area contributed by atoms with E-state index < -0.39 is 5.97 Å². The second-order valence-electron chi connectivity index (χ2n) is 9.27. The Labute approximate surface area is 231 Å². The summed E-state index contributed by atoms with van der Waals surface area (Å²) in [6.07, 6.45) is 0.674. The van der Waals surface area contributed by atoms with E-state index >= 15 is 0 Å². The average Bonchev–Trinajstić information content (AvgIpc) is 3.18. The van der Waals surface area contributed by atoms with Crippen molar-refractivity contribution in [2.24, 2.45) is 0 Å². The highest BCUT2D eigenvalue weighted by Gasteiger charge is 2.22. The smallest absolute Gasteiger partial charge is 0.322 e. The third kappa shape index (κ3) is 6.41. The van der Waals surface area contributed by atoms with Gasteiger partial charge in [0.25, 0.3) is 5.91 Å². The maximum atomic E-state index is 13.5. The van der Waals surface area contributed by atoms with E-state index in [9.17, 15) is 14.4 Å². The zero-order valence-electron chi connectivity index (χ0n) is 22.0. The molecule has 3 N–H and O–H groups in total. The van der Waals surface area contributed by atoms with E-state index in [0.717, 1.165) is 27.8 Å². The molecule has 4 aromatic rings. The van der Waals surface area contributed by atoms with Crippen LogP contribution in [0.3, 0.4) is 0 Å². The van der Waals surface area contributed by atoms with Gasteiger partial charge < -0.3 is 20.5 Å². The minimum Gasteiger partial charge on any atom is -0.497 e. The number of carboxylic acid groups (broad SMARTS) is 1. The standard InChI is InChI=1S/C30H30ClN3O5/c1-18-4-5-20(14-26(18)33-17-29(36)37)12-13-32-28(35)16-24-19(2)34(27-11-10-23(39-3)15-25(24)27)30(38)21-6-8-22(31)9-7-21/h4-11,14-15,33H,12-13,16-17H2,1-3H3,(H,32,35)(H,36,37). The minimum atomic E-state index is -0.934. The number of hydrogen-bond acceptors (Lipinski definition) is 5. The second kappa shape index (κ2) is 12.0. The fourth-order valence-corrected chi connectivity index (χ4v) is 4.68. The fourth-order valence-electron chi connectivity index (χ4n) is 4.55. The highest BCUT2D eigenvalue weighted by molar-refractivity contribution is 6.30. The van der Waals surface area contributed by atoms with Gasteiger partial charge in [0.1, 0.15) is 12.3 Å². The van der Waals surface area contributed by atoms with Crippen LogP contribution in [0.2, 0.25) is 5.02 Å². The maximum absolute atomic E-state index is 13.5. The first-order chi connectivity index (χ1) is 18.7. The van der Waals surface area contributed by atoms with Crippen molar-refractivity contribution in [1.82, 2.24) is 9.88 Å². The normalized spacial score (nSPS) is 10.9. The molecule has 9 heteroatoms. The number of carbonyl (C=O) groups is 3. The van der Waals surface area contributed by atoms with Crippen molar-refractivity contribution >= 4 is 46.0 Å². The quantitative estimate of drug-likeness (QED) is 0.257. The summed E-state index contributed by atoms with van der Waals surface area (Å²) in [4.78, 5) is 37.4. The summed E-state index contributed by atoms with van der Waals surface area (Å²) < 4.78 is 7.03. The van der Waals surface area contributed by atoms with Gasteiger partial charge in [-0.15, -0.1) is 0 Å². The molecule has 0 saturated heterocycles. The SMILES string of the molecule is COc1ccc2c(c1)c(CC(=O)NCCc1ccc(C)c(NCC(=O)O)c1)c(C)n2C(=O)c1ccc(Cl)cc1. The van der Waals surface area contributed by atoms with Gasteiger partial charge in [-0.2, -0.15) is 0 Å². The Hall–Kier alpha value is -4.30. The Morgan fingerprint density at radius 1 is 1.00 bits per heavy atom. The molecule has 0 spiro atoms. The van der Waals surface area contributed by atoms with E-state index in [-0.39, 0.29) is 24.8 Å². The first-order valence-electron chi connectivity index (χ1n) is 12.5. The Morgan fingerprint density at radius 3 is 2.44 bits per heavy atom. The van der Waals surface area contributed by atoms with E-state index in [4.69, 9.17) is 21.4 Å². The van der Waals surface area contributed by atoms with E-state index in [2.05, 4.69) is 10.6 Å². The van der Waals surface area contributed by atoms with Gasteiger partial charge in [-0.25, -0.2) is 0 Å². The van der Waals surface area contributed by atoms with Gasteiger partial charge in [-0.05, 0) is 85.5 Å². The van der Waals surface area contributed by atoms with Crippen LogP contribution in [0.5, 0.6) is 5.75 Å². The zero-order valence-corrected chi connectivity index (χ0v) is 22.8. The average molecular weight is 548 g/mol. The maximum Gasteiger partial charge on any atom is 0.322 e. The number of nitrogens with zero attached hydrogens (tertiary/aromatic N) is 1. The van der Waals surface area contributed by atoms with Crippen LogP contribution < -0.4 is 15.4 Å². The van der Waals surface area contributed by atoms with Gasteiger partial charge in [0.15, 0.2) is 0 Å². The zero-order chi connectivity index (χ0) is 28.1. The number of nitrogens with one attached hydrogen (secondary N) is 2. The molecule has 0 aliphatic rings. The number of anilines is 1. The van der Waals surface area contributed by atoms with Crippen molar-refractivity contribution in [3.05, 3.63) is 93.6 Å². The fraction of sp³-hybridized carbons (Fsp3) is 0.233. The van der Waals surface area contributed by atoms with E-state index in [1.54, 1.807) is 42.0 Å². The van der Waals surface area contributed by atoms with Crippen molar-refractivity contribution < 1.29 is 24.2 Å². The van der Waals surface area contributed by atoms with Crippen LogP contribution in [0.4, 0.5) is 5.69 Å². The molecule has 0 unspecified atom stereocenters. The highest BCUT2D eigenvalue weighted by atomic mass is 35.5. The molecule has 202 valence electrons. The summed E-state index contributed by atoms with van der Waals surface area (Å²) in [5.41, 5.74) is 5.28. The lowest BCUT2D eigenvalue weighted by Gasteiger charge is -2.11. The Bertz CT molecular complexity index is 1540. The van der Waals surface area contributed by atoms with Gasteiger partial charge >= 0.3 is 5.97 Å². The Kier molecular flexibility index (Phi) is 8.56. The van der Waals surface area contributed by atoms with Crippen LogP contribution in [0, 0.1) is 13.8 Å². The van der Waals surface area contributed by atoms with Gasteiger partial charge in [0.05, 0.1) is 19.0 Å². The van der Waals surface area contributed by atoms with Crippen molar-refractivity contribution in [2.75, 3.05) is 25.5 Å². The summed E-state index contributed by atoms with van der Waals surface area (Å²) in [5.74, 6) is -0.684. The number of aryl methyl sites for hydroxylation is 1. The van der Waals surface area contributed by atoms with Crippen LogP contribution in [0.25, 0.3) is 10.9 Å². The van der Waals surface area contributed by atoms with E-state index in [1.807, 2.05) is 44.2 Å². The Balaban J connectivity index is 1.52. The van der Waals surface area contributed by atoms with Gasteiger partial charge in [-0.3, -0.25) is 19.0 Å². The van der Waals surface area contributed by atoms with Gasteiger partial charge in [0.2, 0.25) is 5.91 Å². The molecule has 39 heavy (non-hydrogen) atoms. The number of benzene rings is 3. The second-order valence-corrected chi connectivity index (χ2v) is 9.70. The van der Waals surface area contributed by atoms with Crippen molar-refractivity contribution in [1.29, 1.82) is 0 Å². The third-order valence-corrected chi connectivity index (χ3v) is 6.89. The lowest BCUT2D eigenvalue weighted by Crippen LogP contribution is -2.27. The lowest BCUT2D eigenvalue weighted by molar-refractivity contribution is -0.135. The van der Waals surface area contributed by atoms with Crippen LogP contribution in [-0.2, 0) is 22.4 Å². The number of aromatic nitrogens is 1. The van der Waals surface area contributed by atoms with Crippen LogP contribution >= 0.6 is 11.6 Å². The Morgan fingerprint density at radius 2 is 1.74 bits per heavy atom. The van der Waals surface area contributed by atoms with Crippen LogP contribution in [-0.4, -0.2) is 47.7 Å². The number of amides is 1. The number of methoxy groups -OCH3 is 1. The highest BCUT2D eigenvalue weighted by Crippen LogP contribution is 2.31. The summed E-state index contributed by atoms with van der Waals surface area (Å²) in [5, 5.41) is 16.1. The molecule has 0 aliphatic carbocycles. The van der Waals surface area contributed by atoms with Crippen molar-refractivity contribution in [3.8, 4) is 5.75 Å². The number of ether oxygens (including phenoxy) is 1. The third-order valence-electron chi connectivity index (χ3n) is 6.64. The molecule has 0 bridgehead atoms. The van der Waals surface area contributed by atoms with E-state index in [1.165, 1.54) is 0 Å². The largest absolute Gasteiger partial charge is 0.497 e. The monoisotopic (exact) mass is 547 g/mol. The number of halogens is 1. The summed E-state index contributed by atoms with van der Waals surface area (Å²) in [6.45, 7) is 3.98. The summed E-state index contributed by atoms with van der Waals surface area (Å²) >= 11 is 6.00. The first kappa shape index (κ1) is 27.7. The molecule has 0 radical (unpaired) electrons. The van der Waals surface area contributed by atoms with Crippen LogP contribution in [0.1, 0.15) is 32.7 Å². The van der Waals surface area contributed by atoms with Crippen molar-refractivity contribution in [2.45, 2.75) is 26.7 Å². The number of rotatable bonds is 10. The molecule has 1 amide bonds. The van der Waals surface area contributed by atoms with Crippen LogP contribution in [0.15, 0.2) is 60.7 Å². The molecular formula is C30H30ClN3O5.